The fraction of sp³-hybridized carbons (Fsp3) is 0. The number of carbonyl (C=O) groups excluding carboxylic acids is 1. The molecular weight excluding hydrogens is 707 g/mol. The van der Waals surface area contributed by atoms with Crippen LogP contribution < -0.4 is 13.8 Å². The summed E-state index contributed by atoms with van der Waals surface area (Å²) in [4.78, 5) is 36.6. The Morgan fingerprint density at radius 2 is 1.08 bits per heavy atom. The van der Waals surface area contributed by atoms with Gasteiger partial charge in [-0.1, -0.05) is 12.1 Å². The third-order valence-electron chi connectivity index (χ3n) is 6.68. The van der Waals surface area contributed by atoms with Crippen molar-refractivity contribution in [3.05, 3.63) is 158 Å². The summed E-state index contributed by atoms with van der Waals surface area (Å²) in [5, 5.41) is 25.8. The number of amides is 1. The Morgan fingerprint density at radius 3 is 1.53 bits per heavy atom. The summed E-state index contributed by atoms with van der Waals surface area (Å²) < 4.78 is 60.2. The first-order valence-corrected chi connectivity index (χ1v) is 17.2. The number of nitro benzene ring substituents is 2. The van der Waals surface area contributed by atoms with Crippen molar-refractivity contribution in [2.75, 3.05) is 0 Å². The van der Waals surface area contributed by atoms with Crippen LogP contribution >= 0.6 is 0 Å². The number of hydrazone groups is 1. The number of hydrogen-bond acceptors (Lipinski definition) is 13. The first-order valence-electron chi connectivity index (χ1n) is 14.3. The van der Waals surface area contributed by atoms with Gasteiger partial charge in [0.25, 0.3) is 17.3 Å². The molecule has 0 fully saturated rings. The molecule has 5 aromatic carbocycles. The third-order valence-corrected chi connectivity index (χ3v) is 9.16. The maximum Gasteiger partial charge on any atom is 0.339 e. The van der Waals surface area contributed by atoms with E-state index in [9.17, 15) is 41.9 Å². The molecule has 51 heavy (non-hydrogen) atoms. The lowest BCUT2D eigenvalue weighted by Crippen LogP contribution is -2.17. The summed E-state index contributed by atoms with van der Waals surface area (Å²) in [6.07, 6.45) is 2.84. The molecule has 0 saturated heterocycles. The highest BCUT2D eigenvalue weighted by molar-refractivity contribution is 7.87. The summed E-state index contributed by atoms with van der Waals surface area (Å²) >= 11 is 0. The van der Waals surface area contributed by atoms with E-state index in [1.165, 1.54) is 91.3 Å². The average molecular weight is 730 g/mol. The number of aliphatic imine (C=N–C) groups is 1. The number of non-ortho nitro benzene ring substituents is 2. The molecule has 18 heteroatoms. The van der Waals surface area contributed by atoms with E-state index < -0.39 is 41.7 Å². The Balaban J connectivity index is 1.12. The second-order valence-corrected chi connectivity index (χ2v) is 13.3. The van der Waals surface area contributed by atoms with Gasteiger partial charge in [-0.2, -0.15) is 21.9 Å². The molecule has 1 N–H and O–H groups in total. The minimum atomic E-state index is -4.32. The molecule has 1 amide bonds. The zero-order chi connectivity index (χ0) is 36.6. The molecule has 5 rings (SSSR count). The number of benzene rings is 5. The van der Waals surface area contributed by atoms with E-state index in [1.54, 1.807) is 24.3 Å². The van der Waals surface area contributed by atoms with Gasteiger partial charge in [-0.05, 0) is 96.1 Å². The van der Waals surface area contributed by atoms with Gasteiger partial charge in [0.15, 0.2) is 0 Å². The normalized spacial score (nSPS) is 11.7. The van der Waals surface area contributed by atoms with E-state index in [2.05, 4.69) is 15.5 Å². The fourth-order valence-electron chi connectivity index (χ4n) is 4.15. The molecule has 16 nitrogen and oxygen atoms in total. The predicted octanol–water partition coefficient (Wildman–Crippen LogP) is 5.55. The number of hydrogen-bond donors (Lipinski definition) is 1. The first-order chi connectivity index (χ1) is 24.3. The average Bonchev–Trinajstić information content (AvgIpc) is 3.12. The van der Waals surface area contributed by atoms with Crippen molar-refractivity contribution in [2.24, 2.45) is 10.1 Å². The summed E-state index contributed by atoms with van der Waals surface area (Å²) in [7, 11) is -8.63. The number of rotatable bonds is 13. The van der Waals surface area contributed by atoms with Crippen LogP contribution in [0.25, 0.3) is 0 Å². The van der Waals surface area contributed by atoms with Gasteiger partial charge >= 0.3 is 20.2 Å². The third kappa shape index (κ3) is 9.43. The molecule has 0 aliphatic rings. The first kappa shape index (κ1) is 35.5. The lowest BCUT2D eigenvalue weighted by molar-refractivity contribution is -0.385. The predicted molar refractivity (Wildman–Crippen MR) is 183 cm³/mol. The van der Waals surface area contributed by atoms with Crippen LogP contribution in [-0.2, 0) is 20.2 Å². The topological polar surface area (TPSA) is 227 Å². The van der Waals surface area contributed by atoms with Crippen LogP contribution in [0, 0.1) is 20.2 Å². The maximum absolute atomic E-state index is 12.5. The zero-order valence-corrected chi connectivity index (χ0v) is 27.4. The minimum absolute atomic E-state index is 0.00590. The van der Waals surface area contributed by atoms with E-state index >= 15 is 0 Å². The molecule has 258 valence electrons. The molecule has 5 aromatic rings. The van der Waals surface area contributed by atoms with Crippen LogP contribution in [0.3, 0.4) is 0 Å². The van der Waals surface area contributed by atoms with Crippen molar-refractivity contribution in [3.8, 4) is 11.5 Å². The summed E-state index contributed by atoms with van der Waals surface area (Å²) in [6.45, 7) is 0. The monoisotopic (exact) mass is 729 g/mol. The smallest absolute Gasteiger partial charge is 0.339 e. The van der Waals surface area contributed by atoms with Crippen LogP contribution in [-0.4, -0.2) is 45.0 Å². The number of nitrogens with one attached hydrogen (secondary N) is 1. The quantitative estimate of drug-likeness (QED) is 0.0683. The van der Waals surface area contributed by atoms with Gasteiger partial charge in [0.05, 0.1) is 21.7 Å². The number of carbonyl (C=O) groups is 1. The lowest BCUT2D eigenvalue weighted by atomic mass is 10.2. The largest absolute Gasteiger partial charge is 0.379 e. The molecule has 0 unspecified atom stereocenters. The molecule has 0 radical (unpaired) electrons. The highest BCUT2D eigenvalue weighted by Crippen LogP contribution is 2.24. The Labute approximate surface area is 289 Å². The lowest BCUT2D eigenvalue weighted by Gasteiger charge is -2.07. The van der Waals surface area contributed by atoms with E-state index in [1.807, 2.05) is 0 Å². The molecule has 0 aromatic heterocycles. The van der Waals surface area contributed by atoms with Gasteiger partial charge in [-0.3, -0.25) is 30.0 Å². The van der Waals surface area contributed by atoms with Crippen LogP contribution in [0.2, 0.25) is 0 Å². The van der Waals surface area contributed by atoms with E-state index in [0.717, 1.165) is 18.2 Å². The van der Waals surface area contributed by atoms with E-state index in [0.29, 0.717) is 16.8 Å². The summed E-state index contributed by atoms with van der Waals surface area (Å²) in [6, 6.07) is 26.8. The second-order valence-electron chi connectivity index (χ2n) is 10.2. The van der Waals surface area contributed by atoms with Gasteiger partial charge < -0.3 is 8.37 Å². The Hall–Kier alpha value is -6.79. The van der Waals surface area contributed by atoms with Crippen molar-refractivity contribution in [1.82, 2.24) is 5.43 Å². The molecular formula is C33H23N5O11S2. The standard InChI is InChI=1S/C33H23N5O11S2/c39-33(36-35-22-24-9-17-30(18-10-24)49-51(46,47)32-6-2-4-28(20-32)38(42)43)25-11-13-26(14-12-25)34-21-23-7-15-29(16-8-23)48-50(44,45)31-5-1-3-27(19-31)37(40)41/h1-22H,(H,36,39)/b34-21?,35-22+. The number of nitro groups is 2. The second kappa shape index (κ2) is 15.2. The van der Waals surface area contributed by atoms with Crippen molar-refractivity contribution >= 4 is 55.6 Å². The highest BCUT2D eigenvalue weighted by atomic mass is 32.2. The Kier molecular flexibility index (Phi) is 10.6. The van der Waals surface area contributed by atoms with Gasteiger partial charge in [-0.25, -0.2) is 5.43 Å². The van der Waals surface area contributed by atoms with Gasteiger partial charge in [0.2, 0.25) is 0 Å². The van der Waals surface area contributed by atoms with Crippen molar-refractivity contribution in [3.63, 3.8) is 0 Å². The van der Waals surface area contributed by atoms with Crippen LogP contribution in [0.15, 0.2) is 141 Å². The fourth-order valence-corrected chi connectivity index (χ4v) is 6.09. The number of nitrogens with zero attached hydrogens (tertiary/aromatic N) is 4. The van der Waals surface area contributed by atoms with Crippen LogP contribution in [0.4, 0.5) is 17.1 Å². The molecule has 0 saturated carbocycles. The van der Waals surface area contributed by atoms with Crippen molar-refractivity contribution in [2.45, 2.75) is 9.79 Å². The van der Waals surface area contributed by atoms with Gasteiger partial charge in [-0.15, -0.1) is 0 Å². The Bertz CT molecular complexity index is 2380. The minimum Gasteiger partial charge on any atom is -0.379 e. The molecule has 0 heterocycles. The molecule has 0 atom stereocenters. The molecule has 0 aliphatic carbocycles. The zero-order valence-electron chi connectivity index (χ0n) is 25.8. The van der Waals surface area contributed by atoms with Crippen molar-refractivity contribution < 1.29 is 39.8 Å². The summed E-state index contributed by atoms with van der Waals surface area (Å²) in [5.41, 5.74) is 3.50. The van der Waals surface area contributed by atoms with Gasteiger partial charge in [0, 0.05) is 36.0 Å². The highest BCUT2D eigenvalue weighted by Gasteiger charge is 2.21. The van der Waals surface area contributed by atoms with Crippen molar-refractivity contribution in [1.29, 1.82) is 0 Å². The summed E-state index contributed by atoms with van der Waals surface area (Å²) in [5.74, 6) is -0.559. The molecule has 0 bridgehead atoms. The molecule has 0 aliphatic heterocycles. The van der Waals surface area contributed by atoms with Gasteiger partial charge in [0.1, 0.15) is 21.3 Å². The Morgan fingerprint density at radius 1 is 0.627 bits per heavy atom. The maximum atomic E-state index is 12.5. The van der Waals surface area contributed by atoms with E-state index in [-0.39, 0.29) is 32.5 Å². The SMILES string of the molecule is O=C(N/N=C/c1ccc(OS(=O)(=O)c2cccc([N+](=O)[O-])c2)cc1)c1ccc(N=Cc2ccc(OS(=O)(=O)c3cccc([N+](=O)[O-])c3)cc2)cc1. The molecule has 0 spiro atoms. The van der Waals surface area contributed by atoms with Crippen LogP contribution in [0.1, 0.15) is 21.5 Å². The van der Waals surface area contributed by atoms with E-state index in [4.69, 9.17) is 8.37 Å². The van der Waals surface area contributed by atoms with Crippen LogP contribution in [0.5, 0.6) is 11.5 Å².